The molecule has 1 saturated heterocycles. The number of nitrogens with zero attached hydrogens (tertiary/aromatic N) is 1. The predicted molar refractivity (Wildman–Crippen MR) is 50.3 cm³/mol. The number of amides is 1. The zero-order chi connectivity index (χ0) is 9.68. The number of hydrogen-bond donors (Lipinski definition) is 1. The normalized spacial score (nSPS) is 21.8. The van der Waals surface area contributed by atoms with E-state index in [-0.39, 0.29) is 12.0 Å². The first kappa shape index (κ1) is 10.5. The average Bonchev–Trinajstić information content (AvgIpc) is 2.65. The Morgan fingerprint density at radius 3 is 3.00 bits per heavy atom. The molecular weight excluding hydrogens is 168 g/mol. The Balaban J connectivity index is 2.28. The Bertz CT molecular complexity index is 167. The van der Waals surface area contributed by atoms with Gasteiger partial charge in [0.1, 0.15) is 6.10 Å². The Morgan fingerprint density at radius 2 is 2.46 bits per heavy atom. The molecule has 1 rings (SSSR count). The van der Waals surface area contributed by atoms with E-state index < -0.39 is 0 Å². The average molecular weight is 186 g/mol. The number of carbonyl (C=O) groups excluding carboxylic acids is 1. The lowest BCUT2D eigenvalue weighted by Gasteiger charge is -2.19. The smallest absolute Gasteiger partial charge is 0.251 e. The van der Waals surface area contributed by atoms with Crippen molar-refractivity contribution in [1.82, 2.24) is 4.90 Å². The summed E-state index contributed by atoms with van der Waals surface area (Å²) in [6.07, 6.45) is 2.53. The zero-order valence-corrected chi connectivity index (χ0v) is 8.16. The zero-order valence-electron chi connectivity index (χ0n) is 8.16. The van der Waals surface area contributed by atoms with Gasteiger partial charge in [0.2, 0.25) is 0 Å². The fourth-order valence-corrected chi connectivity index (χ4v) is 1.46. The minimum absolute atomic E-state index is 0.103. The lowest BCUT2D eigenvalue weighted by atomic mass is 10.2. The maximum atomic E-state index is 11.6. The van der Waals surface area contributed by atoms with Crippen molar-refractivity contribution in [3.63, 3.8) is 0 Å². The molecule has 76 valence electrons. The number of nitrogens with two attached hydrogens (primary N) is 1. The van der Waals surface area contributed by atoms with Crippen molar-refractivity contribution in [3.05, 3.63) is 0 Å². The third-order valence-electron chi connectivity index (χ3n) is 2.28. The van der Waals surface area contributed by atoms with E-state index >= 15 is 0 Å². The van der Waals surface area contributed by atoms with Gasteiger partial charge in [-0.15, -0.1) is 0 Å². The molecular formula is C9H18N2O2. The molecule has 0 spiro atoms. The maximum absolute atomic E-state index is 11.6. The van der Waals surface area contributed by atoms with Crippen LogP contribution in [0.2, 0.25) is 0 Å². The molecule has 1 atom stereocenters. The molecule has 1 aliphatic rings. The molecule has 4 heteroatoms. The molecule has 1 fully saturated rings. The van der Waals surface area contributed by atoms with Gasteiger partial charge < -0.3 is 15.4 Å². The Kier molecular flexibility index (Phi) is 4.18. The van der Waals surface area contributed by atoms with E-state index in [1.807, 2.05) is 0 Å². The Morgan fingerprint density at radius 1 is 1.69 bits per heavy atom. The van der Waals surface area contributed by atoms with E-state index in [4.69, 9.17) is 10.5 Å². The summed E-state index contributed by atoms with van der Waals surface area (Å²) in [5.41, 5.74) is 5.36. The van der Waals surface area contributed by atoms with E-state index in [0.29, 0.717) is 6.54 Å². The van der Waals surface area contributed by atoms with Gasteiger partial charge in [-0.3, -0.25) is 4.79 Å². The highest BCUT2D eigenvalue weighted by Gasteiger charge is 2.25. The summed E-state index contributed by atoms with van der Waals surface area (Å²) >= 11 is 0. The summed E-state index contributed by atoms with van der Waals surface area (Å²) in [4.78, 5) is 13.3. The second-order valence-corrected chi connectivity index (χ2v) is 3.40. The van der Waals surface area contributed by atoms with Gasteiger partial charge in [-0.25, -0.2) is 0 Å². The first-order valence-electron chi connectivity index (χ1n) is 4.82. The number of ether oxygens (including phenoxy) is 1. The molecule has 1 unspecified atom stereocenters. The standard InChI is InChI=1S/C9H18N2O2/c1-11(6-3-5-10)9(12)8-4-2-7-13-8/h8H,2-7,10H2,1H3. The highest BCUT2D eigenvalue weighted by atomic mass is 16.5. The van der Waals surface area contributed by atoms with Crippen LogP contribution in [-0.4, -0.2) is 43.7 Å². The van der Waals surface area contributed by atoms with Gasteiger partial charge in [0.15, 0.2) is 0 Å². The van der Waals surface area contributed by atoms with Crippen LogP contribution in [0.15, 0.2) is 0 Å². The molecule has 4 nitrogen and oxygen atoms in total. The van der Waals surface area contributed by atoms with Crippen LogP contribution >= 0.6 is 0 Å². The van der Waals surface area contributed by atoms with Crippen LogP contribution in [-0.2, 0) is 9.53 Å². The molecule has 2 N–H and O–H groups in total. The third-order valence-corrected chi connectivity index (χ3v) is 2.28. The quantitative estimate of drug-likeness (QED) is 0.671. The SMILES string of the molecule is CN(CCCN)C(=O)C1CCCO1. The topological polar surface area (TPSA) is 55.6 Å². The molecule has 0 saturated carbocycles. The summed E-state index contributed by atoms with van der Waals surface area (Å²) in [7, 11) is 1.81. The fourth-order valence-electron chi connectivity index (χ4n) is 1.46. The van der Waals surface area contributed by atoms with Crippen molar-refractivity contribution >= 4 is 5.91 Å². The van der Waals surface area contributed by atoms with Gasteiger partial charge in [0.25, 0.3) is 5.91 Å². The molecule has 0 aromatic rings. The minimum Gasteiger partial charge on any atom is -0.368 e. The van der Waals surface area contributed by atoms with Gasteiger partial charge in [0, 0.05) is 20.2 Å². The highest BCUT2D eigenvalue weighted by Crippen LogP contribution is 2.13. The lowest BCUT2D eigenvalue weighted by Crippen LogP contribution is -2.37. The number of hydrogen-bond acceptors (Lipinski definition) is 3. The van der Waals surface area contributed by atoms with Gasteiger partial charge in [-0.05, 0) is 25.8 Å². The van der Waals surface area contributed by atoms with Crippen molar-refractivity contribution in [2.45, 2.75) is 25.4 Å². The van der Waals surface area contributed by atoms with Crippen LogP contribution in [0.1, 0.15) is 19.3 Å². The predicted octanol–water partition coefficient (Wildman–Crippen LogP) is -0.0274. The van der Waals surface area contributed by atoms with Crippen molar-refractivity contribution in [1.29, 1.82) is 0 Å². The summed E-state index contributed by atoms with van der Waals surface area (Å²) < 4.78 is 5.29. The second-order valence-electron chi connectivity index (χ2n) is 3.40. The second kappa shape index (κ2) is 5.19. The molecule has 1 aliphatic heterocycles. The van der Waals surface area contributed by atoms with Crippen LogP contribution in [0.3, 0.4) is 0 Å². The number of carbonyl (C=O) groups is 1. The van der Waals surface area contributed by atoms with Crippen molar-refractivity contribution in [2.75, 3.05) is 26.7 Å². The maximum Gasteiger partial charge on any atom is 0.251 e. The lowest BCUT2D eigenvalue weighted by molar-refractivity contribution is -0.139. The highest BCUT2D eigenvalue weighted by molar-refractivity contribution is 5.80. The monoisotopic (exact) mass is 186 g/mol. The van der Waals surface area contributed by atoms with Crippen LogP contribution in [0.4, 0.5) is 0 Å². The largest absolute Gasteiger partial charge is 0.368 e. The van der Waals surface area contributed by atoms with E-state index in [2.05, 4.69) is 0 Å². The number of likely N-dealkylation sites (N-methyl/N-ethyl adjacent to an activating group) is 1. The van der Waals surface area contributed by atoms with E-state index in [1.165, 1.54) is 0 Å². The molecule has 1 heterocycles. The summed E-state index contributed by atoms with van der Waals surface area (Å²) in [5, 5.41) is 0. The van der Waals surface area contributed by atoms with Crippen LogP contribution in [0.5, 0.6) is 0 Å². The fraction of sp³-hybridized carbons (Fsp3) is 0.889. The first-order chi connectivity index (χ1) is 6.25. The molecule has 0 aromatic carbocycles. The van der Waals surface area contributed by atoms with Crippen molar-refractivity contribution < 1.29 is 9.53 Å². The minimum atomic E-state index is -0.192. The van der Waals surface area contributed by atoms with Crippen molar-refractivity contribution in [3.8, 4) is 0 Å². The van der Waals surface area contributed by atoms with Gasteiger partial charge in [0.05, 0.1) is 0 Å². The van der Waals surface area contributed by atoms with Crippen LogP contribution < -0.4 is 5.73 Å². The van der Waals surface area contributed by atoms with Gasteiger partial charge in [-0.2, -0.15) is 0 Å². The number of rotatable bonds is 4. The summed E-state index contributed by atoms with van der Waals surface area (Å²) in [6.45, 7) is 2.08. The molecule has 0 aliphatic carbocycles. The third kappa shape index (κ3) is 2.97. The van der Waals surface area contributed by atoms with Gasteiger partial charge >= 0.3 is 0 Å². The van der Waals surface area contributed by atoms with Gasteiger partial charge in [-0.1, -0.05) is 0 Å². The van der Waals surface area contributed by atoms with Crippen LogP contribution in [0, 0.1) is 0 Å². The van der Waals surface area contributed by atoms with E-state index in [9.17, 15) is 4.79 Å². The Labute approximate surface area is 79.0 Å². The molecule has 0 radical (unpaired) electrons. The Hall–Kier alpha value is -0.610. The molecule has 13 heavy (non-hydrogen) atoms. The molecule has 1 amide bonds. The summed E-state index contributed by atoms with van der Waals surface area (Å²) in [6, 6.07) is 0. The first-order valence-corrected chi connectivity index (χ1v) is 4.82. The molecule has 0 aromatic heterocycles. The molecule has 0 bridgehead atoms. The van der Waals surface area contributed by atoms with E-state index in [1.54, 1.807) is 11.9 Å². The van der Waals surface area contributed by atoms with Crippen molar-refractivity contribution in [2.24, 2.45) is 5.73 Å². The van der Waals surface area contributed by atoms with E-state index in [0.717, 1.165) is 32.4 Å². The summed E-state index contributed by atoms with van der Waals surface area (Å²) in [5.74, 6) is 0.103. The van der Waals surface area contributed by atoms with Crippen LogP contribution in [0.25, 0.3) is 0 Å².